The van der Waals surface area contributed by atoms with Gasteiger partial charge in [-0.1, -0.05) is 86.0 Å². The minimum absolute atomic E-state index is 0.0764. The van der Waals surface area contributed by atoms with Crippen LogP contribution in [0.15, 0.2) is 66.7 Å². The van der Waals surface area contributed by atoms with Gasteiger partial charge in [-0.2, -0.15) is 0 Å². The van der Waals surface area contributed by atoms with Gasteiger partial charge in [0.2, 0.25) is 5.91 Å². The van der Waals surface area contributed by atoms with E-state index in [9.17, 15) is 9.90 Å². The molecule has 0 bridgehead atoms. The van der Waals surface area contributed by atoms with E-state index in [0.717, 1.165) is 47.6 Å². The van der Waals surface area contributed by atoms with Crippen LogP contribution >= 0.6 is 0 Å². The monoisotopic (exact) mass is 359 g/mol. The molecule has 1 aliphatic rings. The van der Waals surface area contributed by atoms with Gasteiger partial charge in [0, 0.05) is 16.9 Å². The highest BCUT2D eigenvalue weighted by atomic mass is 16.3. The Labute approximate surface area is 160 Å². The van der Waals surface area contributed by atoms with E-state index in [2.05, 4.69) is 5.32 Å². The van der Waals surface area contributed by atoms with Crippen LogP contribution < -0.4 is 5.32 Å². The summed E-state index contributed by atoms with van der Waals surface area (Å²) < 4.78 is 0. The van der Waals surface area contributed by atoms with Crippen molar-refractivity contribution in [3.63, 3.8) is 0 Å². The zero-order valence-corrected chi connectivity index (χ0v) is 15.4. The molecule has 0 spiro atoms. The van der Waals surface area contributed by atoms with Crippen LogP contribution in [-0.2, 0) is 4.79 Å². The van der Waals surface area contributed by atoms with E-state index in [0.29, 0.717) is 0 Å². The lowest BCUT2D eigenvalue weighted by atomic mass is 9.87. The average molecular weight is 359 g/mol. The molecule has 1 fully saturated rings. The van der Waals surface area contributed by atoms with Gasteiger partial charge in [0.05, 0.1) is 6.04 Å². The van der Waals surface area contributed by atoms with Crippen LogP contribution in [-0.4, -0.2) is 11.0 Å². The molecule has 1 aliphatic carbocycles. The summed E-state index contributed by atoms with van der Waals surface area (Å²) >= 11 is 0. The Bertz CT molecular complexity index is 930. The first-order valence-corrected chi connectivity index (χ1v) is 9.80. The highest BCUT2D eigenvalue weighted by Crippen LogP contribution is 2.36. The Morgan fingerprint density at radius 3 is 2.37 bits per heavy atom. The van der Waals surface area contributed by atoms with Gasteiger partial charge in [-0.3, -0.25) is 4.79 Å². The highest BCUT2D eigenvalue weighted by molar-refractivity contribution is 5.90. The van der Waals surface area contributed by atoms with Gasteiger partial charge >= 0.3 is 0 Å². The van der Waals surface area contributed by atoms with Crippen LogP contribution in [0.4, 0.5) is 0 Å². The second-order valence-corrected chi connectivity index (χ2v) is 7.41. The standard InChI is InChI=1S/C24H25NO2/c26-23-20-14-8-7-9-17(20)15-16-21(23)22(18-10-3-1-4-11-18)25-24(27)19-12-5-2-6-13-19/h1,3-4,7-11,14-16,19,22,26H,2,5-6,12-13H2,(H,25,27)/t22-/m1/s1. The topological polar surface area (TPSA) is 49.3 Å². The van der Waals surface area contributed by atoms with Crippen molar-refractivity contribution >= 4 is 16.7 Å². The highest BCUT2D eigenvalue weighted by Gasteiger charge is 2.26. The second kappa shape index (κ2) is 7.83. The lowest BCUT2D eigenvalue weighted by Gasteiger charge is -2.26. The first-order valence-electron chi connectivity index (χ1n) is 9.80. The van der Waals surface area contributed by atoms with E-state index < -0.39 is 0 Å². The van der Waals surface area contributed by atoms with E-state index in [4.69, 9.17) is 0 Å². The lowest BCUT2D eigenvalue weighted by molar-refractivity contribution is -0.126. The van der Waals surface area contributed by atoms with Crippen molar-refractivity contribution in [3.8, 4) is 5.75 Å². The number of carbonyl (C=O) groups is 1. The normalized spacial score (nSPS) is 16.1. The van der Waals surface area contributed by atoms with Crippen molar-refractivity contribution in [2.24, 2.45) is 5.92 Å². The molecular weight excluding hydrogens is 334 g/mol. The fourth-order valence-corrected chi connectivity index (χ4v) is 4.12. The number of benzene rings is 3. The smallest absolute Gasteiger partial charge is 0.223 e. The maximum absolute atomic E-state index is 12.9. The third-order valence-corrected chi connectivity index (χ3v) is 5.64. The van der Waals surface area contributed by atoms with Gasteiger partial charge in [-0.15, -0.1) is 0 Å². The molecule has 1 saturated carbocycles. The summed E-state index contributed by atoms with van der Waals surface area (Å²) in [5.74, 6) is 0.412. The number of phenols is 1. The van der Waals surface area contributed by atoms with Crippen LogP contribution in [0.2, 0.25) is 0 Å². The van der Waals surface area contributed by atoms with E-state index >= 15 is 0 Å². The average Bonchev–Trinajstić information content (AvgIpc) is 2.74. The molecule has 27 heavy (non-hydrogen) atoms. The zero-order chi connectivity index (χ0) is 18.6. The van der Waals surface area contributed by atoms with E-state index in [1.165, 1.54) is 6.42 Å². The van der Waals surface area contributed by atoms with Crippen molar-refractivity contribution in [2.45, 2.75) is 38.1 Å². The van der Waals surface area contributed by atoms with Gasteiger partial charge < -0.3 is 10.4 Å². The Morgan fingerprint density at radius 2 is 1.59 bits per heavy atom. The molecule has 1 atom stereocenters. The first kappa shape index (κ1) is 17.6. The molecule has 2 N–H and O–H groups in total. The van der Waals surface area contributed by atoms with Gasteiger partial charge in [-0.25, -0.2) is 0 Å². The molecule has 0 unspecified atom stereocenters. The molecule has 0 radical (unpaired) electrons. The molecule has 4 rings (SSSR count). The molecule has 0 saturated heterocycles. The minimum atomic E-state index is -0.356. The SMILES string of the molecule is O=C(N[C@H](c1ccccc1)c1ccc2ccccc2c1O)C1CCCCC1. The van der Waals surface area contributed by atoms with Gasteiger partial charge in [0.25, 0.3) is 0 Å². The third-order valence-electron chi connectivity index (χ3n) is 5.64. The van der Waals surface area contributed by atoms with Crippen molar-refractivity contribution in [1.29, 1.82) is 0 Å². The number of aromatic hydroxyl groups is 1. The molecule has 3 heteroatoms. The molecule has 0 heterocycles. The second-order valence-electron chi connectivity index (χ2n) is 7.41. The fraction of sp³-hybridized carbons (Fsp3) is 0.292. The summed E-state index contributed by atoms with van der Waals surface area (Å²) in [5, 5.41) is 16.0. The summed E-state index contributed by atoms with van der Waals surface area (Å²) in [6, 6.07) is 21.3. The Morgan fingerprint density at radius 1 is 0.889 bits per heavy atom. The molecule has 3 aromatic carbocycles. The Hall–Kier alpha value is -2.81. The van der Waals surface area contributed by atoms with E-state index in [-0.39, 0.29) is 23.6 Å². The largest absolute Gasteiger partial charge is 0.507 e. The van der Waals surface area contributed by atoms with E-state index in [1.54, 1.807) is 0 Å². The van der Waals surface area contributed by atoms with Crippen LogP contribution in [0.1, 0.15) is 49.3 Å². The zero-order valence-electron chi connectivity index (χ0n) is 15.4. The fourth-order valence-electron chi connectivity index (χ4n) is 4.12. The van der Waals surface area contributed by atoms with Gasteiger partial charge in [0.1, 0.15) is 5.75 Å². The molecular formula is C24H25NO2. The van der Waals surface area contributed by atoms with Crippen molar-refractivity contribution in [2.75, 3.05) is 0 Å². The van der Waals surface area contributed by atoms with Crippen molar-refractivity contribution in [1.82, 2.24) is 5.32 Å². The molecule has 3 nitrogen and oxygen atoms in total. The molecule has 0 aliphatic heterocycles. The van der Waals surface area contributed by atoms with Gasteiger partial charge in [-0.05, 0) is 23.8 Å². The summed E-state index contributed by atoms with van der Waals surface area (Å²) in [7, 11) is 0. The van der Waals surface area contributed by atoms with Crippen molar-refractivity contribution < 1.29 is 9.90 Å². The summed E-state index contributed by atoms with van der Waals surface area (Å²) in [6.07, 6.45) is 5.37. The lowest BCUT2D eigenvalue weighted by Crippen LogP contribution is -2.35. The number of nitrogens with one attached hydrogen (secondary N) is 1. The number of rotatable bonds is 4. The quantitative estimate of drug-likeness (QED) is 0.661. The Balaban J connectivity index is 1.72. The number of hydrogen-bond acceptors (Lipinski definition) is 2. The predicted molar refractivity (Wildman–Crippen MR) is 109 cm³/mol. The maximum Gasteiger partial charge on any atom is 0.223 e. The van der Waals surface area contributed by atoms with Crippen LogP contribution in [0.5, 0.6) is 5.75 Å². The van der Waals surface area contributed by atoms with Crippen molar-refractivity contribution in [3.05, 3.63) is 77.9 Å². The number of phenolic OH excluding ortho intramolecular Hbond substituents is 1. The summed E-state index contributed by atoms with van der Waals surface area (Å²) in [6.45, 7) is 0. The number of amides is 1. The van der Waals surface area contributed by atoms with Crippen LogP contribution in [0.25, 0.3) is 10.8 Å². The molecule has 1 amide bonds. The number of fused-ring (bicyclic) bond motifs is 1. The van der Waals surface area contributed by atoms with Crippen LogP contribution in [0.3, 0.4) is 0 Å². The summed E-state index contributed by atoms with van der Waals surface area (Å²) in [4.78, 5) is 12.9. The summed E-state index contributed by atoms with van der Waals surface area (Å²) in [5.41, 5.74) is 1.72. The molecule has 3 aromatic rings. The molecule has 0 aromatic heterocycles. The minimum Gasteiger partial charge on any atom is -0.507 e. The maximum atomic E-state index is 12.9. The number of carbonyl (C=O) groups excluding carboxylic acids is 1. The van der Waals surface area contributed by atoms with Crippen LogP contribution in [0, 0.1) is 5.92 Å². The van der Waals surface area contributed by atoms with E-state index in [1.807, 2.05) is 66.7 Å². The number of hydrogen-bond donors (Lipinski definition) is 2. The predicted octanol–water partition coefficient (Wildman–Crippen LogP) is 5.33. The van der Waals surface area contributed by atoms with Gasteiger partial charge in [0.15, 0.2) is 0 Å². The third kappa shape index (κ3) is 3.68. The Kier molecular flexibility index (Phi) is 5.10. The first-order chi connectivity index (χ1) is 13.2. The molecule has 138 valence electrons.